The third kappa shape index (κ3) is 6.36. The topological polar surface area (TPSA) is 51.1 Å². The Bertz CT molecular complexity index is 1860. The van der Waals surface area contributed by atoms with Gasteiger partial charge < -0.3 is 4.74 Å². The van der Waals surface area contributed by atoms with E-state index in [0.29, 0.717) is 17.7 Å². The van der Waals surface area contributed by atoms with Crippen molar-refractivity contribution in [2.45, 2.75) is 20.8 Å². The summed E-state index contributed by atoms with van der Waals surface area (Å²) < 4.78 is 9.70. The standard InChI is InChI=1S/C19H18NO3.C19H18N/c1-4-23-13-7-8-20(3)17(10-13)14-11-16-15(9-12(14)2)18(21)5-6-19(16)22;1-15-14-17(16-8-4-3-5-9-16)11-12-18(15)19-10-6-7-13-20(19)2/h5-11H,4H2,1-3H3;3-14H,1-2H3/q2*+1. The summed E-state index contributed by atoms with van der Waals surface area (Å²) in [6, 6.07) is 30.9. The van der Waals surface area contributed by atoms with Crippen LogP contribution in [0.25, 0.3) is 33.6 Å². The lowest BCUT2D eigenvalue weighted by Crippen LogP contribution is -2.30. The van der Waals surface area contributed by atoms with Crippen LogP contribution in [0.5, 0.6) is 5.75 Å². The molecule has 0 amide bonds. The number of aromatic nitrogens is 2. The molecule has 5 heteroatoms. The Kier molecular flexibility index (Phi) is 8.72. The number of carbonyl (C=O) groups excluding carboxylic acids is 2. The lowest BCUT2D eigenvalue weighted by Gasteiger charge is -2.13. The molecule has 0 spiro atoms. The van der Waals surface area contributed by atoms with Crippen LogP contribution in [0.4, 0.5) is 0 Å². The Hall–Kier alpha value is -5.16. The summed E-state index contributed by atoms with van der Waals surface area (Å²) in [6.07, 6.45) is 6.67. The minimum absolute atomic E-state index is 0.123. The molecule has 0 unspecified atom stereocenters. The average molecular weight is 569 g/mol. The van der Waals surface area contributed by atoms with Crippen LogP contribution >= 0.6 is 0 Å². The fourth-order valence-corrected chi connectivity index (χ4v) is 5.36. The lowest BCUT2D eigenvalue weighted by molar-refractivity contribution is -0.660. The first-order valence-corrected chi connectivity index (χ1v) is 14.4. The molecule has 0 radical (unpaired) electrons. The van der Waals surface area contributed by atoms with Gasteiger partial charge >= 0.3 is 0 Å². The van der Waals surface area contributed by atoms with Crippen LogP contribution in [0.2, 0.25) is 0 Å². The fraction of sp³-hybridized carbons (Fsp3) is 0.158. The van der Waals surface area contributed by atoms with Crippen molar-refractivity contribution in [3.63, 3.8) is 0 Å². The third-order valence-electron chi connectivity index (χ3n) is 7.65. The van der Waals surface area contributed by atoms with E-state index >= 15 is 0 Å². The molecule has 5 aromatic rings. The second-order valence-electron chi connectivity index (χ2n) is 10.7. The van der Waals surface area contributed by atoms with Gasteiger partial charge in [0.1, 0.15) is 19.8 Å². The van der Waals surface area contributed by atoms with Crippen LogP contribution < -0.4 is 13.9 Å². The molecular weight excluding hydrogens is 532 g/mol. The quantitative estimate of drug-likeness (QED) is 0.215. The Labute approximate surface area is 253 Å². The van der Waals surface area contributed by atoms with Crippen LogP contribution in [0.15, 0.2) is 116 Å². The van der Waals surface area contributed by atoms with Gasteiger partial charge in [0.25, 0.3) is 0 Å². The maximum Gasteiger partial charge on any atom is 0.216 e. The number of fused-ring (bicyclic) bond motifs is 1. The van der Waals surface area contributed by atoms with Gasteiger partial charge in [-0.25, -0.2) is 9.13 Å². The molecule has 1 aliphatic carbocycles. The van der Waals surface area contributed by atoms with E-state index in [0.717, 1.165) is 22.6 Å². The van der Waals surface area contributed by atoms with Crippen molar-refractivity contribution in [2.75, 3.05) is 6.61 Å². The van der Waals surface area contributed by atoms with Crippen molar-refractivity contribution >= 4 is 11.6 Å². The Morgan fingerprint density at radius 2 is 1.23 bits per heavy atom. The van der Waals surface area contributed by atoms with E-state index in [1.165, 1.54) is 40.1 Å². The van der Waals surface area contributed by atoms with E-state index in [1.54, 1.807) is 12.1 Å². The average Bonchev–Trinajstić information content (AvgIpc) is 3.01. The second kappa shape index (κ2) is 12.8. The predicted octanol–water partition coefficient (Wildman–Crippen LogP) is 6.97. The number of nitrogens with zero attached hydrogens (tertiary/aromatic N) is 2. The molecule has 43 heavy (non-hydrogen) atoms. The summed E-state index contributed by atoms with van der Waals surface area (Å²) in [5.41, 5.74) is 10.1. The summed E-state index contributed by atoms with van der Waals surface area (Å²) in [6.45, 7) is 6.65. The molecule has 0 saturated heterocycles. The van der Waals surface area contributed by atoms with Gasteiger partial charge in [-0.15, -0.1) is 0 Å². The number of ether oxygens (including phenoxy) is 1. The van der Waals surface area contributed by atoms with Crippen LogP contribution in [0, 0.1) is 13.8 Å². The van der Waals surface area contributed by atoms with Crippen molar-refractivity contribution in [3.05, 3.63) is 138 Å². The van der Waals surface area contributed by atoms with Crippen LogP contribution in [-0.2, 0) is 14.1 Å². The summed E-state index contributed by atoms with van der Waals surface area (Å²) in [5.74, 6) is 0.520. The molecule has 0 saturated carbocycles. The second-order valence-corrected chi connectivity index (χ2v) is 10.7. The Morgan fingerprint density at radius 3 is 1.91 bits per heavy atom. The van der Waals surface area contributed by atoms with Gasteiger partial charge in [-0.2, -0.15) is 0 Å². The zero-order valence-electron chi connectivity index (χ0n) is 25.3. The maximum absolute atomic E-state index is 12.1. The van der Waals surface area contributed by atoms with Gasteiger partial charge in [0.15, 0.2) is 24.0 Å². The van der Waals surface area contributed by atoms with Crippen molar-refractivity contribution < 1.29 is 23.5 Å². The van der Waals surface area contributed by atoms with E-state index < -0.39 is 0 Å². The van der Waals surface area contributed by atoms with Crippen molar-refractivity contribution in [3.8, 4) is 39.4 Å². The van der Waals surface area contributed by atoms with Crippen molar-refractivity contribution in [1.29, 1.82) is 0 Å². The number of ketones is 2. The summed E-state index contributed by atoms with van der Waals surface area (Å²) in [5, 5.41) is 0. The molecule has 3 aromatic carbocycles. The molecular formula is C38H36N2O3+2. The zero-order chi connectivity index (χ0) is 30.5. The highest BCUT2D eigenvalue weighted by Gasteiger charge is 2.23. The first-order valence-electron chi connectivity index (χ1n) is 14.4. The van der Waals surface area contributed by atoms with Gasteiger partial charge in [-0.1, -0.05) is 42.5 Å². The molecule has 0 N–H and O–H groups in total. The van der Waals surface area contributed by atoms with Gasteiger partial charge in [-0.3, -0.25) is 9.59 Å². The number of rotatable bonds is 5. The van der Waals surface area contributed by atoms with Crippen LogP contribution in [0.1, 0.15) is 38.8 Å². The van der Waals surface area contributed by atoms with Gasteiger partial charge in [0, 0.05) is 40.5 Å². The number of carbonyl (C=O) groups is 2. The smallest absolute Gasteiger partial charge is 0.216 e. The van der Waals surface area contributed by atoms with E-state index in [9.17, 15) is 9.59 Å². The van der Waals surface area contributed by atoms with E-state index in [2.05, 4.69) is 91.5 Å². The molecule has 2 heterocycles. The molecule has 2 aromatic heterocycles. The maximum atomic E-state index is 12.1. The van der Waals surface area contributed by atoms with Crippen molar-refractivity contribution in [2.24, 2.45) is 14.1 Å². The highest BCUT2D eigenvalue weighted by Crippen LogP contribution is 2.29. The van der Waals surface area contributed by atoms with Crippen LogP contribution in [-0.4, -0.2) is 18.2 Å². The number of benzene rings is 3. The Morgan fingerprint density at radius 1 is 0.581 bits per heavy atom. The molecule has 5 nitrogen and oxygen atoms in total. The van der Waals surface area contributed by atoms with Gasteiger partial charge in [0.2, 0.25) is 11.4 Å². The molecule has 0 fully saturated rings. The number of aryl methyl sites for hydroxylation is 4. The summed E-state index contributed by atoms with van der Waals surface area (Å²) >= 11 is 0. The lowest BCUT2D eigenvalue weighted by atomic mass is 9.89. The highest BCUT2D eigenvalue weighted by molar-refractivity contribution is 6.22. The normalized spacial score (nSPS) is 11.9. The van der Waals surface area contributed by atoms with Crippen molar-refractivity contribution in [1.82, 2.24) is 0 Å². The summed E-state index contributed by atoms with van der Waals surface area (Å²) in [7, 11) is 4.02. The fourth-order valence-electron chi connectivity index (χ4n) is 5.36. The molecule has 0 bridgehead atoms. The number of hydrogen-bond donors (Lipinski definition) is 0. The monoisotopic (exact) mass is 568 g/mol. The largest absolute Gasteiger partial charge is 0.493 e. The van der Waals surface area contributed by atoms with E-state index in [4.69, 9.17) is 4.74 Å². The Balaban J connectivity index is 0.000000173. The van der Waals surface area contributed by atoms with Crippen LogP contribution in [0.3, 0.4) is 0 Å². The molecule has 0 aliphatic heterocycles. The minimum Gasteiger partial charge on any atom is -0.493 e. The molecule has 214 valence electrons. The molecule has 6 rings (SSSR count). The SMILES string of the molecule is CCOc1cc[n+](C)c(-c2cc3c(cc2C)C(=O)C=CC3=O)c1.Cc1cc(-c2ccccc2)ccc1-c1cccc[n+]1C. The molecule has 1 aliphatic rings. The minimum atomic E-state index is -0.135. The first kappa shape index (κ1) is 29.3. The van der Waals surface area contributed by atoms with E-state index in [-0.39, 0.29) is 11.6 Å². The molecule has 0 atom stereocenters. The third-order valence-corrected chi connectivity index (χ3v) is 7.65. The zero-order valence-corrected chi connectivity index (χ0v) is 25.3. The summed E-state index contributed by atoms with van der Waals surface area (Å²) in [4.78, 5) is 24.1. The number of pyridine rings is 2. The van der Waals surface area contributed by atoms with Gasteiger partial charge in [-0.05, 0) is 79.4 Å². The van der Waals surface area contributed by atoms with Gasteiger partial charge in [0.05, 0.1) is 12.7 Å². The predicted molar refractivity (Wildman–Crippen MR) is 170 cm³/mol. The first-order chi connectivity index (χ1) is 20.8. The highest BCUT2D eigenvalue weighted by atomic mass is 16.5. The number of allylic oxidation sites excluding steroid dienone is 2. The van der Waals surface area contributed by atoms with E-state index in [1.807, 2.05) is 43.8 Å². The number of hydrogen-bond acceptors (Lipinski definition) is 3.